The van der Waals surface area contributed by atoms with Crippen LogP contribution in [0.3, 0.4) is 0 Å². The van der Waals surface area contributed by atoms with Gasteiger partial charge in [0.25, 0.3) is 0 Å². The SMILES string of the molecule is c1ccc(-c2ccccc2-c2ccc3c(c2)c2cc(-c4ccccc4-c4ccccc4)ccc2n3-c2ccc(-c3cc4ccccc4c4ccccc34)c3ccccc23)cc1. The van der Waals surface area contributed by atoms with E-state index in [2.05, 4.69) is 241 Å². The first-order chi connectivity index (χ1) is 30.3. The van der Waals surface area contributed by atoms with Gasteiger partial charge in [0.05, 0.1) is 16.7 Å². The van der Waals surface area contributed by atoms with Crippen molar-refractivity contribution >= 4 is 54.1 Å². The molecular formula is C60H39N. The van der Waals surface area contributed by atoms with Gasteiger partial charge < -0.3 is 4.57 Å². The molecule has 0 amide bonds. The van der Waals surface area contributed by atoms with E-state index >= 15 is 0 Å². The summed E-state index contributed by atoms with van der Waals surface area (Å²) in [7, 11) is 0. The molecule has 0 atom stereocenters. The maximum Gasteiger partial charge on any atom is 0.0541 e. The predicted octanol–water partition coefficient (Wildman–Crippen LogP) is 16.6. The van der Waals surface area contributed by atoms with E-state index in [4.69, 9.17) is 0 Å². The van der Waals surface area contributed by atoms with Crippen LogP contribution in [0.4, 0.5) is 0 Å². The van der Waals surface area contributed by atoms with Crippen LogP contribution in [0.1, 0.15) is 0 Å². The lowest BCUT2D eigenvalue weighted by Crippen LogP contribution is -1.97. The number of aromatic nitrogens is 1. The number of hydrogen-bond acceptors (Lipinski definition) is 0. The molecule has 0 radical (unpaired) electrons. The topological polar surface area (TPSA) is 4.93 Å². The minimum absolute atomic E-state index is 1.17. The molecule has 61 heavy (non-hydrogen) atoms. The Morgan fingerprint density at radius 3 is 1.20 bits per heavy atom. The number of rotatable bonds is 6. The molecular weight excluding hydrogens is 735 g/mol. The Labute approximate surface area is 355 Å². The summed E-state index contributed by atoms with van der Waals surface area (Å²) in [5, 5.41) is 9.98. The number of nitrogens with zero attached hydrogens (tertiary/aromatic N) is 1. The van der Waals surface area contributed by atoms with E-state index < -0.39 is 0 Å². The molecule has 0 aliphatic heterocycles. The van der Waals surface area contributed by atoms with Gasteiger partial charge >= 0.3 is 0 Å². The van der Waals surface area contributed by atoms with Crippen molar-refractivity contribution in [1.29, 1.82) is 0 Å². The average molecular weight is 774 g/mol. The maximum atomic E-state index is 2.50. The molecule has 0 bridgehead atoms. The van der Waals surface area contributed by atoms with Crippen LogP contribution in [0.2, 0.25) is 0 Å². The van der Waals surface area contributed by atoms with Gasteiger partial charge in [0.1, 0.15) is 0 Å². The van der Waals surface area contributed by atoms with Crippen molar-refractivity contribution in [3.63, 3.8) is 0 Å². The third kappa shape index (κ3) is 5.78. The van der Waals surface area contributed by atoms with Crippen molar-refractivity contribution in [2.24, 2.45) is 0 Å². The quantitative estimate of drug-likeness (QED) is 0.148. The molecule has 0 saturated heterocycles. The fourth-order valence-corrected chi connectivity index (χ4v) is 9.82. The van der Waals surface area contributed by atoms with Crippen molar-refractivity contribution in [2.45, 2.75) is 0 Å². The summed E-state index contributed by atoms with van der Waals surface area (Å²) in [6.45, 7) is 0. The molecule has 0 fully saturated rings. The Morgan fingerprint density at radius 1 is 0.213 bits per heavy atom. The highest BCUT2D eigenvalue weighted by Gasteiger charge is 2.20. The van der Waals surface area contributed by atoms with Crippen LogP contribution in [-0.4, -0.2) is 4.57 Å². The monoisotopic (exact) mass is 773 g/mol. The summed E-state index contributed by atoms with van der Waals surface area (Å²) < 4.78 is 2.50. The van der Waals surface area contributed by atoms with Crippen LogP contribution in [0.15, 0.2) is 237 Å². The summed E-state index contributed by atoms with van der Waals surface area (Å²) in [5.41, 5.74) is 15.7. The molecule has 0 N–H and O–H groups in total. The summed E-state index contributed by atoms with van der Waals surface area (Å²) in [4.78, 5) is 0. The fraction of sp³-hybridized carbons (Fsp3) is 0. The summed E-state index contributed by atoms with van der Waals surface area (Å²) >= 11 is 0. The van der Waals surface area contributed by atoms with Crippen molar-refractivity contribution in [3.8, 4) is 61.3 Å². The van der Waals surface area contributed by atoms with Gasteiger partial charge in [-0.25, -0.2) is 0 Å². The number of hydrogen-bond donors (Lipinski definition) is 0. The van der Waals surface area contributed by atoms with Gasteiger partial charge in [-0.05, 0) is 119 Å². The van der Waals surface area contributed by atoms with Gasteiger partial charge in [0.15, 0.2) is 0 Å². The van der Waals surface area contributed by atoms with E-state index in [1.165, 1.54) is 115 Å². The van der Waals surface area contributed by atoms with Gasteiger partial charge in [-0.1, -0.05) is 200 Å². The molecule has 0 spiro atoms. The number of fused-ring (bicyclic) bond motifs is 7. The molecule has 0 aliphatic rings. The van der Waals surface area contributed by atoms with E-state index in [9.17, 15) is 0 Å². The van der Waals surface area contributed by atoms with Crippen LogP contribution in [0, 0.1) is 0 Å². The molecule has 0 aliphatic carbocycles. The first-order valence-electron chi connectivity index (χ1n) is 21.1. The van der Waals surface area contributed by atoms with Gasteiger partial charge in [-0.2, -0.15) is 0 Å². The second kappa shape index (κ2) is 14.4. The Hall–Kier alpha value is -8.00. The Bertz CT molecular complexity index is 3490. The molecule has 0 unspecified atom stereocenters. The second-order valence-electron chi connectivity index (χ2n) is 16.0. The smallest absolute Gasteiger partial charge is 0.0541 e. The van der Waals surface area contributed by atoms with Gasteiger partial charge in [-0.3, -0.25) is 0 Å². The highest BCUT2D eigenvalue weighted by atomic mass is 15.0. The first-order valence-corrected chi connectivity index (χ1v) is 21.1. The van der Waals surface area contributed by atoms with Crippen LogP contribution in [0.25, 0.3) is 115 Å². The molecule has 1 heteroatoms. The molecule has 12 rings (SSSR count). The molecule has 12 aromatic rings. The molecule has 11 aromatic carbocycles. The Balaban J connectivity index is 1.12. The van der Waals surface area contributed by atoms with Crippen molar-refractivity contribution in [2.75, 3.05) is 0 Å². The second-order valence-corrected chi connectivity index (χ2v) is 16.0. The fourth-order valence-electron chi connectivity index (χ4n) is 9.82. The number of benzene rings is 11. The van der Waals surface area contributed by atoms with E-state index in [1.807, 2.05) is 0 Å². The molecule has 284 valence electrons. The summed E-state index contributed by atoms with van der Waals surface area (Å²) in [6.07, 6.45) is 0. The van der Waals surface area contributed by atoms with Gasteiger partial charge in [0, 0.05) is 16.2 Å². The third-order valence-corrected chi connectivity index (χ3v) is 12.6. The van der Waals surface area contributed by atoms with E-state index in [1.54, 1.807) is 0 Å². The van der Waals surface area contributed by atoms with E-state index in [-0.39, 0.29) is 0 Å². The van der Waals surface area contributed by atoms with Crippen LogP contribution in [0.5, 0.6) is 0 Å². The highest BCUT2D eigenvalue weighted by molar-refractivity contribution is 6.18. The average Bonchev–Trinajstić information content (AvgIpc) is 3.66. The summed E-state index contributed by atoms with van der Waals surface area (Å²) in [6, 6.07) is 86.8. The predicted molar refractivity (Wildman–Crippen MR) is 260 cm³/mol. The van der Waals surface area contributed by atoms with Crippen molar-refractivity contribution < 1.29 is 0 Å². The lowest BCUT2D eigenvalue weighted by Gasteiger charge is -2.17. The minimum Gasteiger partial charge on any atom is -0.309 e. The molecule has 1 heterocycles. The lowest BCUT2D eigenvalue weighted by atomic mass is 9.90. The first kappa shape index (κ1) is 35.0. The van der Waals surface area contributed by atoms with Gasteiger partial charge in [0.2, 0.25) is 0 Å². The maximum absolute atomic E-state index is 2.50. The zero-order valence-corrected chi connectivity index (χ0v) is 33.5. The lowest BCUT2D eigenvalue weighted by molar-refractivity contribution is 1.20. The molecule has 0 saturated carbocycles. The largest absolute Gasteiger partial charge is 0.309 e. The Kier molecular flexibility index (Phi) is 8.25. The zero-order valence-electron chi connectivity index (χ0n) is 33.5. The van der Waals surface area contributed by atoms with Crippen LogP contribution in [-0.2, 0) is 0 Å². The van der Waals surface area contributed by atoms with Crippen LogP contribution < -0.4 is 0 Å². The Morgan fingerprint density at radius 2 is 0.639 bits per heavy atom. The zero-order chi connectivity index (χ0) is 40.3. The highest BCUT2D eigenvalue weighted by Crippen LogP contribution is 2.44. The standard InChI is InChI=1S/C60H39N/c1-3-17-40(18-4-1)45-22-9-11-24-47(45)43-31-34-59-56(38-43)57-39-44(48-25-12-10-23-46(48)41-19-5-2-6-20-41)32-35-60(57)61(59)58-36-33-53(51-28-15-16-30-54(51)58)55-37-42-21-7-8-26-49(42)50-27-13-14-29-52(50)55/h1-39H. The van der Waals surface area contributed by atoms with Crippen molar-refractivity contribution in [3.05, 3.63) is 237 Å². The molecule has 1 aromatic heterocycles. The minimum atomic E-state index is 1.17. The molecule has 1 nitrogen and oxygen atoms in total. The van der Waals surface area contributed by atoms with Gasteiger partial charge in [-0.15, -0.1) is 0 Å². The van der Waals surface area contributed by atoms with Crippen LogP contribution >= 0.6 is 0 Å². The van der Waals surface area contributed by atoms with Crippen molar-refractivity contribution in [1.82, 2.24) is 4.57 Å². The van der Waals surface area contributed by atoms with E-state index in [0.29, 0.717) is 0 Å². The summed E-state index contributed by atoms with van der Waals surface area (Å²) in [5.74, 6) is 0. The van der Waals surface area contributed by atoms with E-state index in [0.717, 1.165) is 0 Å². The normalized spacial score (nSPS) is 11.6. The third-order valence-electron chi connectivity index (χ3n) is 12.6.